The topological polar surface area (TPSA) is 93.7 Å². The Morgan fingerprint density at radius 1 is 0.833 bits per heavy atom. The Morgan fingerprint density at radius 2 is 1.58 bits per heavy atom. The minimum absolute atomic E-state index is 0.0677. The minimum atomic E-state index is -4.05. The fourth-order valence-electron chi connectivity index (χ4n) is 3.34. The van der Waals surface area contributed by atoms with Crippen molar-refractivity contribution >= 4 is 38.9 Å². The normalized spacial score (nSPS) is 10.9. The molecule has 2 N–H and O–H groups in total. The van der Waals surface area contributed by atoms with Gasteiger partial charge in [-0.2, -0.15) is 0 Å². The van der Waals surface area contributed by atoms with Crippen LogP contribution in [0, 0.1) is 0 Å². The number of rotatable bonds is 9. The lowest BCUT2D eigenvalue weighted by atomic mass is 10.2. The smallest absolute Gasteiger partial charge is 0.262 e. The Hall–Kier alpha value is -4.01. The van der Waals surface area contributed by atoms with Crippen molar-refractivity contribution in [1.29, 1.82) is 0 Å². The number of carbonyl (C=O) groups is 1. The first-order valence-electron chi connectivity index (χ1n) is 11.0. The van der Waals surface area contributed by atoms with Crippen molar-refractivity contribution < 1.29 is 22.7 Å². The number of nitrogens with one attached hydrogen (secondary N) is 2. The highest BCUT2D eigenvalue weighted by Gasteiger charge is 2.20. The molecule has 1 amide bonds. The van der Waals surface area contributed by atoms with Crippen molar-refractivity contribution in [3.8, 4) is 17.2 Å². The van der Waals surface area contributed by atoms with Crippen molar-refractivity contribution in [1.82, 2.24) is 0 Å². The summed E-state index contributed by atoms with van der Waals surface area (Å²) in [7, 11) is -4.05. The van der Waals surface area contributed by atoms with E-state index in [0.717, 1.165) is 0 Å². The van der Waals surface area contributed by atoms with Gasteiger partial charge >= 0.3 is 0 Å². The van der Waals surface area contributed by atoms with Gasteiger partial charge in [0.25, 0.3) is 15.9 Å². The van der Waals surface area contributed by atoms with E-state index >= 15 is 0 Å². The van der Waals surface area contributed by atoms with E-state index in [1.54, 1.807) is 61.5 Å². The van der Waals surface area contributed by atoms with Gasteiger partial charge in [0.2, 0.25) is 0 Å². The summed E-state index contributed by atoms with van der Waals surface area (Å²) in [6.45, 7) is 2.12. The van der Waals surface area contributed by atoms with Gasteiger partial charge in [0.05, 0.1) is 22.9 Å². The molecule has 0 aliphatic rings. The summed E-state index contributed by atoms with van der Waals surface area (Å²) < 4.78 is 40.6. The van der Waals surface area contributed by atoms with Crippen LogP contribution in [0.2, 0.25) is 5.02 Å². The Kier molecular flexibility index (Phi) is 7.77. The fraction of sp³-hybridized carbons (Fsp3) is 0.0741. The number of sulfonamides is 1. The molecule has 0 heterocycles. The number of para-hydroxylation sites is 3. The van der Waals surface area contributed by atoms with Crippen LogP contribution in [-0.4, -0.2) is 20.9 Å². The van der Waals surface area contributed by atoms with Crippen LogP contribution >= 0.6 is 11.6 Å². The molecule has 0 atom stereocenters. The molecule has 0 bridgehead atoms. The van der Waals surface area contributed by atoms with E-state index in [9.17, 15) is 13.2 Å². The molecular formula is C27H23ClN2O5S. The number of hydrogen-bond acceptors (Lipinski definition) is 5. The highest BCUT2D eigenvalue weighted by Crippen LogP contribution is 2.33. The Balaban J connectivity index is 1.62. The fourth-order valence-corrected chi connectivity index (χ4v) is 4.63. The maximum Gasteiger partial charge on any atom is 0.262 e. The second-order valence-corrected chi connectivity index (χ2v) is 9.69. The third kappa shape index (κ3) is 6.16. The quantitative estimate of drug-likeness (QED) is 0.259. The number of amides is 1. The molecule has 9 heteroatoms. The van der Waals surface area contributed by atoms with Gasteiger partial charge in [-0.15, -0.1) is 0 Å². The van der Waals surface area contributed by atoms with E-state index in [1.165, 1.54) is 24.3 Å². The number of carbonyl (C=O) groups excluding carboxylic acids is 1. The number of ether oxygens (including phenoxy) is 2. The lowest BCUT2D eigenvalue weighted by molar-refractivity contribution is 0.102. The van der Waals surface area contributed by atoms with Gasteiger partial charge in [-0.05, 0) is 67.6 Å². The van der Waals surface area contributed by atoms with Crippen LogP contribution in [0.15, 0.2) is 102 Å². The molecule has 0 unspecified atom stereocenters. The van der Waals surface area contributed by atoms with E-state index in [1.807, 2.05) is 18.2 Å². The van der Waals surface area contributed by atoms with Gasteiger partial charge in [-0.25, -0.2) is 8.42 Å². The van der Waals surface area contributed by atoms with E-state index in [4.69, 9.17) is 21.1 Å². The summed E-state index contributed by atoms with van der Waals surface area (Å²) in [6, 6.07) is 26.4. The second-order valence-electron chi connectivity index (χ2n) is 7.57. The van der Waals surface area contributed by atoms with E-state index in [-0.39, 0.29) is 16.3 Å². The van der Waals surface area contributed by atoms with E-state index in [0.29, 0.717) is 34.4 Å². The van der Waals surface area contributed by atoms with Gasteiger partial charge < -0.3 is 14.8 Å². The van der Waals surface area contributed by atoms with Crippen molar-refractivity contribution in [2.45, 2.75) is 11.8 Å². The molecule has 0 radical (unpaired) electrons. The van der Waals surface area contributed by atoms with Crippen molar-refractivity contribution in [2.24, 2.45) is 0 Å². The van der Waals surface area contributed by atoms with Gasteiger partial charge in [-0.3, -0.25) is 9.52 Å². The van der Waals surface area contributed by atoms with Crippen LogP contribution in [0.1, 0.15) is 17.3 Å². The maximum atomic E-state index is 13.3. The average Bonchev–Trinajstić information content (AvgIpc) is 2.87. The molecule has 184 valence electrons. The van der Waals surface area contributed by atoms with Crippen LogP contribution in [0.25, 0.3) is 0 Å². The molecule has 0 fully saturated rings. The van der Waals surface area contributed by atoms with Crippen LogP contribution in [-0.2, 0) is 10.0 Å². The van der Waals surface area contributed by atoms with Crippen LogP contribution in [0.4, 0.5) is 11.4 Å². The van der Waals surface area contributed by atoms with Gasteiger partial charge in [0.1, 0.15) is 11.5 Å². The third-order valence-corrected chi connectivity index (χ3v) is 6.60. The van der Waals surface area contributed by atoms with Crippen LogP contribution in [0.3, 0.4) is 0 Å². The first-order chi connectivity index (χ1) is 17.4. The van der Waals surface area contributed by atoms with Crippen molar-refractivity contribution in [2.75, 3.05) is 16.6 Å². The van der Waals surface area contributed by atoms with Crippen LogP contribution in [0.5, 0.6) is 17.2 Å². The monoisotopic (exact) mass is 522 g/mol. The molecule has 0 aliphatic heterocycles. The minimum Gasteiger partial charge on any atom is -0.492 e. The SMILES string of the molecule is CCOc1ccc(S(=O)(=O)Nc2ccccc2Oc2ccccc2)cc1NC(=O)c1cccc(Cl)c1. The summed E-state index contributed by atoms with van der Waals surface area (Å²) in [4.78, 5) is 12.7. The molecule has 7 nitrogen and oxygen atoms in total. The van der Waals surface area contributed by atoms with Crippen molar-refractivity contribution in [3.05, 3.63) is 108 Å². The Labute approximate surface area is 214 Å². The predicted octanol–water partition coefficient (Wildman–Crippen LogP) is 6.58. The Morgan fingerprint density at radius 3 is 2.33 bits per heavy atom. The summed E-state index contributed by atoms with van der Waals surface area (Å²) in [5.74, 6) is 0.783. The zero-order valence-electron chi connectivity index (χ0n) is 19.3. The largest absolute Gasteiger partial charge is 0.492 e. The maximum absolute atomic E-state index is 13.3. The molecule has 36 heavy (non-hydrogen) atoms. The summed E-state index contributed by atoms with van der Waals surface area (Å²) in [5.41, 5.74) is 0.793. The average molecular weight is 523 g/mol. The lowest BCUT2D eigenvalue weighted by Crippen LogP contribution is -2.16. The number of hydrogen-bond donors (Lipinski definition) is 2. The molecule has 4 rings (SSSR count). The second kappa shape index (κ2) is 11.2. The molecule has 0 aliphatic carbocycles. The molecule has 0 aromatic heterocycles. The summed E-state index contributed by atoms with van der Waals surface area (Å²) in [5, 5.41) is 3.13. The van der Waals surface area contributed by atoms with Crippen LogP contribution < -0.4 is 19.5 Å². The molecule has 4 aromatic rings. The van der Waals surface area contributed by atoms with Gasteiger partial charge in [0.15, 0.2) is 5.75 Å². The molecule has 0 saturated heterocycles. The summed E-state index contributed by atoms with van der Waals surface area (Å²) >= 11 is 6.00. The zero-order chi connectivity index (χ0) is 25.5. The third-order valence-electron chi connectivity index (χ3n) is 5.00. The zero-order valence-corrected chi connectivity index (χ0v) is 20.8. The predicted molar refractivity (Wildman–Crippen MR) is 141 cm³/mol. The number of benzene rings is 4. The lowest BCUT2D eigenvalue weighted by Gasteiger charge is -2.16. The van der Waals surface area contributed by atoms with Crippen molar-refractivity contribution in [3.63, 3.8) is 0 Å². The number of halogens is 1. The molecule has 0 saturated carbocycles. The number of anilines is 2. The standard InChI is InChI=1S/C27H23ClN2O5S/c1-2-34-25-16-15-22(18-24(25)29-27(31)19-9-8-10-20(28)17-19)36(32,33)30-23-13-6-7-14-26(23)35-21-11-4-3-5-12-21/h3-18,30H,2H2,1H3,(H,29,31). The van der Waals surface area contributed by atoms with E-state index in [2.05, 4.69) is 10.0 Å². The van der Waals surface area contributed by atoms with Gasteiger partial charge in [0, 0.05) is 10.6 Å². The molecular weight excluding hydrogens is 500 g/mol. The highest BCUT2D eigenvalue weighted by atomic mass is 35.5. The first-order valence-corrected chi connectivity index (χ1v) is 12.9. The Bertz CT molecular complexity index is 1480. The van der Waals surface area contributed by atoms with Gasteiger partial charge in [-0.1, -0.05) is 48.0 Å². The molecule has 0 spiro atoms. The highest BCUT2D eigenvalue weighted by molar-refractivity contribution is 7.92. The molecule has 4 aromatic carbocycles. The summed E-state index contributed by atoms with van der Waals surface area (Å²) in [6.07, 6.45) is 0. The first kappa shape index (κ1) is 25.1. The van der Waals surface area contributed by atoms with E-state index < -0.39 is 15.9 Å².